The van der Waals surface area contributed by atoms with Crippen molar-refractivity contribution in [1.29, 1.82) is 0 Å². The van der Waals surface area contributed by atoms with Gasteiger partial charge in [-0.05, 0) is 31.2 Å². The van der Waals surface area contributed by atoms with Crippen molar-refractivity contribution in [2.75, 3.05) is 0 Å². The van der Waals surface area contributed by atoms with Gasteiger partial charge in [0, 0.05) is 6.20 Å². The number of hydrazone groups is 1. The minimum Gasteiger partial charge on any atom is -0.266 e. The Kier molecular flexibility index (Phi) is 4.07. The molecule has 4 nitrogen and oxygen atoms in total. The molecule has 6 heteroatoms. The Labute approximate surface area is 113 Å². The smallest absolute Gasteiger partial charge is 0.266 e. The molecule has 0 aliphatic heterocycles. The molecule has 2 heterocycles. The molecule has 1 amide bonds. The highest BCUT2D eigenvalue weighted by Gasteiger charge is 2.06. The number of carbonyl (C=O) groups excluding carboxylic acids is 1. The molecule has 0 fully saturated rings. The van der Waals surface area contributed by atoms with Gasteiger partial charge in [-0.2, -0.15) is 5.10 Å². The number of hydrogen-bond acceptors (Lipinski definition) is 4. The van der Waals surface area contributed by atoms with Gasteiger partial charge in [0.1, 0.15) is 5.69 Å². The summed E-state index contributed by atoms with van der Waals surface area (Å²) in [6.07, 6.45) is 1.56. The Balaban J connectivity index is 2.05. The van der Waals surface area contributed by atoms with E-state index in [0.29, 0.717) is 15.7 Å². The molecule has 0 radical (unpaired) electrons. The molecule has 92 valence electrons. The van der Waals surface area contributed by atoms with E-state index in [9.17, 15) is 4.79 Å². The fourth-order valence-electron chi connectivity index (χ4n) is 1.25. The van der Waals surface area contributed by atoms with Crippen LogP contribution in [0.3, 0.4) is 0 Å². The first kappa shape index (κ1) is 12.7. The van der Waals surface area contributed by atoms with Crippen LogP contribution in [0.2, 0.25) is 4.34 Å². The molecule has 0 bridgehead atoms. The van der Waals surface area contributed by atoms with Gasteiger partial charge in [-0.25, -0.2) is 5.43 Å². The Morgan fingerprint density at radius 3 is 2.83 bits per heavy atom. The van der Waals surface area contributed by atoms with Gasteiger partial charge in [0.25, 0.3) is 5.91 Å². The van der Waals surface area contributed by atoms with Crippen LogP contribution in [-0.2, 0) is 0 Å². The van der Waals surface area contributed by atoms with Crippen LogP contribution in [0.1, 0.15) is 22.3 Å². The topological polar surface area (TPSA) is 54.4 Å². The summed E-state index contributed by atoms with van der Waals surface area (Å²) >= 11 is 7.24. The average molecular weight is 280 g/mol. The van der Waals surface area contributed by atoms with E-state index < -0.39 is 0 Å². The number of pyridine rings is 1. The molecule has 0 atom stereocenters. The molecule has 2 aromatic heterocycles. The second kappa shape index (κ2) is 5.75. The van der Waals surface area contributed by atoms with Gasteiger partial charge < -0.3 is 0 Å². The second-order valence-electron chi connectivity index (χ2n) is 3.46. The quantitative estimate of drug-likeness (QED) is 0.694. The first-order chi connectivity index (χ1) is 8.66. The molecule has 0 saturated heterocycles. The molecule has 0 spiro atoms. The van der Waals surface area contributed by atoms with Gasteiger partial charge in [-0.15, -0.1) is 11.3 Å². The maximum Gasteiger partial charge on any atom is 0.289 e. The van der Waals surface area contributed by atoms with Gasteiger partial charge in [0.2, 0.25) is 0 Å². The molecule has 0 aromatic carbocycles. The third-order valence-electron chi connectivity index (χ3n) is 2.15. The normalized spacial score (nSPS) is 11.3. The lowest BCUT2D eigenvalue weighted by Crippen LogP contribution is -2.20. The predicted octanol–water partition coefficient (Wildman–Crippen LogP) is 2.95. The van der Waals surface area contributed by atoms with Crippen LogP contribution in [0.4, 0.5) is 0 Å². The molecule has 2 aromatic rings. The molecule has 0 saturated carbocycles. The zero-order valence-electron chi connectivity index (χ0n) is 9.55. The monoisotopic (exact) mass is 279 g/mol. The number of rotatable bonds is 3. The molecule has 0 aliphatic rings. The summed E-state index contributed by atoms with van der Waals surface area (Å²) < 4.78 is 0.690. The van der Waals surface area contributed by atoms with Gasteiger partial charge in [-0.1, -0.05) is 17.7 Å². The molecule has 0 unspecified atom stereocenters. The summed E-state index contributed by atoms with van der Waals surface area (Å²) in [5.41, 5.74) is 3.49. The van der Waals surface area contributed by atoms with Crippen LogP contribution in [0.25, 0.3) is 0 Å². The minimum absolute atomic E-state index is 0.332. The van der Waals surface area contributed by atoms with Crippen LogP contribution in [-0.4, -0.2) is 16.6 Å². The van der Waals surface area contributed by atoms with Crippen molar-refractivity contribution in [3.8, 4) is 0 Å². The molecular weight excluding hydrogens is 270 g/mol. The lowest BCUT2D eigenvalue weighted by Gasteiger charge is -2.00. The summed E-state index contributed by atoms with van der Waals surface area (Å²) in [5.74, 6) is -0.336. The molecule has 2 rings (SSSR count). The SMILES string of the molecule is CC(=NNC(=O)c1ccccn1)c1ccc(Cl)s1. The summed E-state index contributed by atoms with van der Waals surface area (Å²) in [4.78, 5) is 16.5. The number of aromatic nitrogens is 1. The summed E-state index contributed by atoms with van der Waals surface area (Å²) in [6.45, 7) is 1.81. The van der Waals surface area contributed by atoms with Crippen LogP contribution >= 0.6 is 22.9 Å². The zero-order valence-corrected chi connectivity index (χ0v) is 11.1. The molecular formula is C12H10ClN3OS. The molecule has 18 heavy (non-hydrogen) atoms. The predicted molar refractivity (Wildman–Crippen MR) is 73.2 cm³/mol. The average Bonchev–Trinajstić information content (AvgIpc) is 2.83. The van der Waals surface area contributed by atoms with E-state index in [1.165, 1.54) is 11.3 Å². The maximum absolute atomic E-state index is 11.7. The van der Waals surface area contributed by atoms with E-state index in [4.69, 9.17) is 11.6 Å². The Hall–Kier alpha value is -1.72. The number of carbonyl (C=O) groups is 1. The summed E-state index contributed by atoms with van der Waals surface area (Å²) in [6, 6.07) is 8.78. The number of nitrogens with one attached hydrogen (secondary N) is 1. The van der Waals surface area contributed by atoms with Gasteiger partial charge in [0.15, 0.2) is 0 Å². The van der Waals surface area contributed by atoms with Crippen LogP contribution in [0.5, 0.6) is 0 Å². The van der Waals surface area contributed by atoms with E-state index in [1.807, 2.05) is 6.07 Å². The van der Waals surface area contributed by atoms with Crippen molar-refractivity contribution in [1.82, 2.24) is 10.4 Å². The van der Waals surface area contributed by atoms with Crippen molar-refractivity contribution in [2.24, 2.45) is 5.10 Å². The van der Waals surface area contributed by atoms with E-state index in [2.05, 4.69) is 15.5 Å². The highest BCUT2D eigenvalue weighted by molar-refractivity contribution is 7.18. The van der Waals surface area contributed by atoms with Crippen molar-refractivity contribution in [3.63, 3.8) is 0 Å². The fourth-order valence-corrected chi connectivity index (χ4v) is 2.24. The Morgan fingerprint density at radius 2 is 2.22 bits per heavy atom. The highest BCUT2D eigenvalue weighted by atomic mass is 35.5. The molecule has 1 N–H and O–H groups in total. The van der Waals surface area contributed by atoms with Crippen molar-refractivity contribution >= 4 is 34.6 Å². The summed E-state index contributed by atoms with van der Waals surface area (Å²) in [7, 11) is 0. The van der Waals surface area contributed by atoms with E-state index >= 15 is 0 Å². The third kappa shape index (κ3) is 3.15. The Bertz CT molecular complexity index is 580. The fraction of sp³-hybridized carbons (Fsp3) is 0.0833. The molecule has 0 aliphatic carbocycles. The first-order valence-electron chi connectivity index (χ1n) is 5.18. The standard InChI is InChI=1S/C12H10ClN3OS/c1-8(10-5-6-11(13)18-10)15-16-12(17)9-4-2-3-7-14-9/h2-7H,1H3,(H,16,17). The first-order valence-corrected chi connectivity index (χ1v) is 6.37. The largest absolute Gasteiger partial charge is 0.289 e. The zero-order chi connectivity index (χ0) is 13.0. The van der Waals surface area contributed by atoms with Crippen LogP contribution in [0.15, 0.2) is 41.6 Å². The third-order valence-corrected chi connectivity index (χ3v) is 3.49. The van der Waals surface area contributed by atoms with E-state index in [0.717, 1.165) is 4.88 Å². The number of thiophene rings is 1. The van der Waals surface area contributed by atoms with Crippen molar-refractivity contribution < 1.29 is 4.79 Å². The minimum atomic E-state index is -0.336. The number of nitrogens with zero attached hydrogens (tertiary/aromatic N) is 2. The van der Waals surface area contributed by atoms with E-state index in [1.54, 1.807) is 37.4 Å². The number of amides is 1. The van der Waals surface area contributed by atoms with Crippen molar-refractivity contribution in [2.45, 2.75) is 6.92 Å². The number of hydrogen-bond donors (Lipinski definition) is 1. The maximum atomic E-state index is 11.7. The van der Waals surface area contributed by atoms with Crippen LogP contribution in [0, 0.1) is 0 Å². The van der Waals surface area contributed by atoms with Gasteiger partial charge >= 0.3 is 0 Å². The van der Waals surface area contributed by atoms with Crippen molar-refractivity contribution in [3.05, 3.63) is 51.4 Å². The lowest BCUT2D eigenvalue weighted by molar-refractivity contribution is 0.0950. The highest BCUT2D eigenvalue weighted by Crippen LogP contribution is 2.21. The van der Waals surface area contributed by atoms with E-state index in [-0.39, 0.29) is 5.91 Å². The van der Waals surface area contributed by atoms with Crippen LogP contribution < -0.4 is 5.43 Å². The summed E-state index contributed by atoms with van der Waals surface area (Å²) in [5, 5.41) is 4.01. The lowest BCUT2D eigenvalue weighted by atomic mass is 10.3. The van der Waals surface area contributed by atoms with Gasteiger partial charge in [-0.3, -0.25) is 9.78 Å². The van der Waals surface area contributed by atoms with Gasteiger partial charge in [0.05, 0.1) is 14.9 Å². The Morgan fingerprint density at radius 1 is 1.39 bits per heavy atom. The number of halogens is 1. The second-order valence-corrected chi connectivity index (χ2v) is 5.17.